The molecule has 1 aromatic heterocycles. The average Bonchev–Trinajstić information content (AvgIpc) is 3.66. The van der Waals surface area contributed by atoms with Crippen LogP contribution in [0.3, 0.4) is 0 Å². The molecule has 1 unspecified atom stereocenters. The van der Waals surface area contributed by atoms with Gasteiger partial charge in [-0.15, -0.1) is 0 Å². The summed E-state index contributed by atoms with van der Waals surface area (Å²) in [5.74, 6) is 0.613. The van der Waals surface area contributed by atoms with E-state index in [-0.39, 0.29) is 16.8 Å². The van der Waals surface area contributed by atoms with Crippen LogP contribution in [0.15, 0.2) is 71.4 Å². The molecule has 2 aromatic carbocycles. The van der Waals surface area contributed by atoms with E-state index in [0.29, 0.717) is 35.5 Å². The van der Waals surface area contributed by atoms with Crippen molar-refractivity contribution in [2.24, 2.45) is 0 Å². The smallest absolute Gasteiger partial charge is 0.261 e. The van der Waals surface area contributed by atoms with E-state index in [1.54, 1.807) is 30.5 Å². The number of fused-ring (bicyclic) bond motifs is 2. The number of ether oxygens (including phenoxy) is 1. The average molecular weight is 546 g/mol. The van der Waals surface area contributed by atoms with Gasteiger partial charge in [-0.05, 0) is 98.9 Å². The second kappa shape index (κ2) is 10.3. The summed E-state index contributed by atoms with van der Waals surface area (Å²) < 4.78 is 34.7. The van der Waals surface area contributed by atoms with Crippen LogP contribution in [0, 0.1) is 0 Å². The van der Waals surface area contributed by atoms with E-state index in [1.165, 1.54) is 25.1 Å². The van der Waals surface area contributed by atoms with Crippen LogP contribution in [-0.4, -0.2) is 56.5 Å². The molecule has 9 nitrogen and oxygen atoms in total. The van der Waals surface area contributed by atoms with Crippen molar-refractivity contribution in [1.82, 2.24) is 9.88 Å². The van der Waals surface area contributed by atoms with Crippen molar-refractivity contribution in [3.8, 4) is 5.75 Å². The van der Waals surface area contributed by atoms with Gasteiger partial charge in [0.15, 0.2) is 0 Å². The van der Waals surface area contributed by atoms with Gasteiger partial charge in [-0.1, -0.05) is 0 Å². The van der Waals surface area contributed by atoms with Gasteiger partial charge in [0.25, 0.3) is 15.9 Å². The molecule has 202 valence electrons. The molecule has 1 saturated heterocycles. The monoisotopic (exact) mass is 545 g/mol. The number of carbonyl (C=O) groups excluding carboxylic acids is 1. The van der Waals surface area contributed by atoms with Crippen LogP contribution in [0.4, 0.5) is 17.1 Å². The van der Waals surface area contributed by atoms with Crippen molar-refractivity contribution in [3.63, 3.8) is 0 Å². The van der Waals surface area contributed by atoms with E-state index in [4.69, 9.17) is 4.74 Å². The molecule has 10 heteroatoms. The van der Waals surface area contributed by atoms with Gasteiger partial charge >= 0.3 is 0 Å². The molecule has 3 aliphatic rings. The maximum Gasteiger partial charge on any atom is 0.261 e. The maximum atomic E-state index is 13.1. The number of hydrogen-bond acceptors (Lipinski definition) is 7. The number of aromatic nitrogens is 1. The van der Waals surface area contributed by atoms with Crippen molar-refractivity contribution in [2.75, 3.05) is 41.6 Å². The van der Waals surface area contributed by atoms with Crippen molar-refractivity contribution < 1.29 is 17.9 Å². The number of likely N-dealkylation sites (tertiary alicyclic amines) is 1. The first kappa shape index (κ1) is 25.4. The van der Waals surface area contributed by atoms with Crippen LogP contribution < -0.4 is 20.1 Å². The molecule has 0 spiro atoms. The van der Waals surface area contributed by atoms with Crippen molar-refractivity contribution in [2.45, 2.75) is 37.1 Å². The maximum absolute atomic E-state index is 13.1. The lowest BCUT2D eigenvalue weighted by molar-refractivity contribution is -0.110. The molecule has 4 heterocycles. The van der Waals surface area contributed by atoms with Gasteiger partial charge in [0, 0.05) is 29.7 Å². The third-order valence-corrected chi connectivity index (χ3v) is 8.96. The fourth-order valence-electron chi connectivity index (χ4n) is 5.50. The zero-order valence-corrected chi connectivity index (χ0v) is 22.6. The molecule has 0 bridgehead atoms. The van der Waals surface area contributed by atoms with Gasteiger partial charge in [-0.2, -0.15) is 0 Å². The molecule has 0 aliphatic carbocycles. The van der Waals surface area contributed by atoms with E-state index in [0.717, 1.165) is 42.2 Å². The highest BCUT2D eigenvalue weighted by molar-refractivity contribution is 7.92. The highest BCUT2D eigenvalue weighted by Crippen LogP contribution is 2.39. The summed E-state index contributed by atoms with van der Waals surface area (Å²) >= 11 is 0. The Morgan fingerprint density at radius 2 is 1.95 bits per heavy atom. The summed E-state index contributed by atoms with van der Waals surface area (Å²) in [4.78, 5) is 19.5. The largest absolute Gasteiger partial charge is 0.492 e. The second-order valence-electron chi connectivity index (χ2n) is 10.2. The molecule has 3 N–H and O–H groups in total. The molecule has 1 atom stereocenters. The van der Waals surface area contributed by atoms with E-state index in [1.807, 2.05) is 19.1 Å². The molecule has 3 aromatic rings. The van der Waals surface area contributed by atoms with E-state index in [2.05, 4.69) is 31.3 Å². The highest BCUT2D eigenvalue weighted by Gasteiger charge is 2.32. The molecule has 0 saturated carbocycles. The Labute approximate surface area is 228 Å². The Bertz CT molecular complexity index is 1550. The van der Waals surface area contributed by atoms with Crippen molar-refractivity contribution in [1.29, 1.82) is 0 Å². The summed E-state index contributed by atoms with van der Waals surface area (Å²) in [6.07, 6.45) is 6.25. The van der Waals surface area contributed by atoms with Gasteiger partial charge in [-0.3, -0.25) is 19.4 Å². The Morgan fingerprint density at radius 3 is 2.74 bits per heavy atom. The van der Waals surface area contributed by atoms with E-state index < -0.39 is 10.0 Å². The zero-order valence-electron chi connectivity index (χ0n) is 21.7. The SMILES string of the molecule is C/C(=C1/C(=O)Nc2ccc(S(=O)(=O)Nc3cccnc3)cc21)C1Cc2cc(OCCN3CCCC3)ccc2N1. The lowest BCUT2D eigenvalue weighted by Crippen LogP contribution is -2.25. The van der Waals surface area contributed by atoms with Gasteiger partial charge in [-0.25, -0.2) is 8.42 Å². The minimum atomic E-state index is -3.87. The number of nitrogens with one attached hydrogen (secondary N) is 3. The summed E-state index contributed by atoms with van der Waals surface area (Å²) in [5, 5.41) is 6.41. The molecule has 3 aliphatic heterocycles. The summed E-state index contributed by atoms with van der Waals surface area (Å²) in [6.45, 7) is 5.83. The number of amides is 1. The van der Waals surface area contributed by atoms with Crippen LogP contribution in [0.1, 0.15) is 30.9 Å². The summed E-state index contributed by atoms with van der Waals surface area (Å²) in [5.41, 5.74) is 5.04. The number of rotatable bonds is 8. The first-order chi connectivity index (χ1) is 18.9. The Kier molecular flexibility index (Phi) is 6.74. The molecule has 39 heavy (non-hydrogen) atoms. The van der Waals surface area contributed by atoms with Crippen LogP contribution >= 0.6 is 0 Å². The lowest BCUT2D eigenvalue weighted by Gasteiger charge is -2.15. The highest BCUT2D eigenvalue weighted by atomic mass is 32.2. The number of sulfonamides is 1. The normalized spacial score (nSPS) is 19.7. The minimum absolute atomic E-state index is 0.0743. The van der Waals surface area contributed by atoms with Crippen LogP contribution in [0.5, 0.6) is 5.75 Å². The third-order valence-electron chi connectivity index (χ3n) is 7.58. The van der Waals surface area contributed by atoms with Crippen LogP contribution in [0.25, 0.3) is 5.57 Å². The first-order valence-electron chi connectivity index (χ1n) is 13.2. The molecule has 1 fully saturated rings. The van der Waals surface area contributed by atoms with E-state index in [9.17, 15) is 13.2 Å². The third kappa shape index (κ3) is 5.22. The van der Waals surface area contributed by atoms with Gasteiger partial charge in [0.2, 0.25) is 0 Å². The van der Waals surface area contributed by atoms with Crippen molar-refractivity contribution >= 4 is 38.6 Å². The predicted octanol–water partition coefficient (Wildman–Crippen LogP) is 4.12. The van der Waals surface area contributed by atoms with Crippen LogP contribution in [0.2, 0.25) is 0 Å². The topological polar surface area (TPSA) is 113 Å². The fraction of sp³-hybridized carbons (Fsp3) is 0.310. The zero-order chi connectivity index (χ0) is 27.0. The predicted molar refractivity (Wildman–Crippen MR) is 151 cm³/mol. The number of anilines is 3. The number of nitrogens with zero attached hydrogens (tertiary/aromatic N) is 2. The Balaban J connectivity index is 1.20. The number of pyridine rings is 1. The standard InChI is InChI=1S/C29H31N5O4S/c1-19(27-16-20-15-22(6-8-25(20)31-27)38-14-13-34-11-2-3-12-34)28-24-17-23(7-9-26(24)32-29(28)35)39(36,37)33-21-5-4-10-30-18-21/h4-10,15,17-18,27,31,33H,2-3,11-14,16H2,1H3,(H,32,35)/b28-19-. The van der Waals surface area contributed by atoms with Gasteiger partial charge in [0.05, 0.1) is 28.4 Å². The molecular weight excluding hydrogens is 514 g/mol. The second-order valence-corrected chi connectivity index (χ2v) is 11.9. The number of carbonyl (C=O) groups is 1. The Hall–Kier alpha value is -3.89. The first-order valence-corrected chi connectivity index (χ1v) is 14.7. The molecule has 6 rings (SSSR count). The van der Waals surface area contributed by atoms with Crippen LogP contribution in [-0.2, 0) is 21.2 Å². The molecule has 1 amide bonds. The lowest BCUT2D eigenvalue weighted by atomic mass is 9.95. The van der Waals surface area contributed by atoms with Gasteiger partial charge < -0.3 is 15.4 Å². The summed E-state index contributed by atoms with van der Waals surface area (Å²) in [7, 11) is -3.87. The summed E-state index contributed by atoms with van der Waals surface area (Å²) in [6, 6.07) is 13.9. The fourth-order valence-corrected chi connectivity index (χ4v) is 6.57. The number of benzene rings is 2. The van der Waals surface area contributed by atoms with Gasteiger partial charge in [0.1, 0.15) is 12.4 Å². The van der Waals surface area contributed by atoms with Crippen molar-refractivity contribution in [3.05, 3.63) is 77.6 Å². The van der Waals surface area contributed by atoms with E-state index >= 15 is 0 Å². The molecular formula is C29H31N5O4S. The quantitative estimate of drug-likeness (QED) is 0.365. The molecule has 0 radical (unpaired) electrons. The number of hydrogen-bond donors (Lipinski definition) is 3. The minimum Gasteiger partial charge on any atom is -0.492 e. The Morgan fingerprint density at radius 1 is 1.13 bits per heavy atom.